The Morgan fingerprint density at radius 2 is 1.55 bits per heavy atom. The molecule has 0 spiro atoms. The van der Waals surface area contributed by atoms with Gasteiger partial charge < -0.3 is 14.4 Å². The number of carbonyl (C=O) groups is 2. The maximum Gasteiger partial charge on any atom is 0.242 e. The molecular weight excluding hydrogens is 362 g/mol. The first-order valence-corrected chi connectivity index (χ1v) is 11.8. The van der Waals surface area contributed by atoms with Crippen LogP contribution in [0.25, 0.3) is 0 Å². The molecule has 0 bridgehead atoms. The number of unbranched alkanes of at least 4 members (excludes halogenated alkanes) is 6. The van der Waals surface area contributed by atoms with Gasteiger partial charge in [0.1, 0.15) is 6.54 Å². The largest absolute Gasteiger partial charge is 0.353 e. The summed E-state index contributed by atoms with van der Waals surface area (Å²) < 4.78 is 2.08. The van der Waals surface area contributed by atoms with Crippen LogP contribution in [0.5, 0.6) is 0 Å². The zero-order chi connectivity index (χ0) is 20.6. The Balaban J connectivity index is 1.46. The van der Waals surface area contributed by atoms with E-state index < -0.39 is 0 Å². The second-order valence-corrected chi connectivity index (χ2v) is 8.99. The van der Waals surface area contributed by atoms with E-state index in [4.69, 9.17) is 0 Å². The van der Waals surface area contributed by atoms with Gasteiger partial charge in [-0.1, -0.05) is 45.4 Å². The molecule has 2 fully saturated rings. The summed E-state index contributed by atoms with van der Waals surface area (Å²) in [6.45, 7) is 3.15. The van der Waals surface area contributed by atoms with Crippen molar-refractivity contribution in [2.24, 2.45) is 7.05 Å². The van der Waals surface area contributed by atoms with E-state index in [1.54, 1.807) is 0 Å². The molecule has 0 atom stereocenters. The molecule has 1 aromatic heterocycles. The van der Waals surface area contributed by atoms with Crippen molar-refractivity contribution in [1.82, 2.24) is 14.4 Å². The zero-order valence-corrected chi connectivity index (χ0v) is 18.4. The highest BCUT2D eigenvalue weighted by atomic mass is 16.2. The van der Waals surface area contributed by atoms with E-state index >= 15 is 0 Å². The van der Waals surface area contributed by atoms with Crippen LogP contribution in [-0.2, 0) is 23.2 Å². The standard InChI is InChI=1S/C24H39N3O2/c1-3-4-5-6-7-8-9-12-23(28)27(21-15-16-21)19-24(29)26(20-13-14-20)18-22-11-10-17-25(22)2/h10-11,17,20-21H,3-9,12-16,18-19H2,1-2H3. The molecule has 0 unspecified atom stereocenters. The molecule has 29 heavy (non-hydrogen) atoms. The van der Waals surface area contributed by atoms with Gasteiger partial charge in [-0.25, -0.2) is 0 Å². The number of amides is 2. The van der Waals surface area contributed by atoms with Gasteiger partial charge in [0.05, 0.1) is 6.54 Å². The summed E-state index contributed by atoms with van der Waals surface area (Å²) >= 11 is 0. The molecule has 0 N–H and O–H groups in total. The second-order valence-electron chi connectivity index (χ2n) is 8.99. The lowest BCUT2D eigenvalue weighted by molar-refractivity contribution is -0.141. The lowest BCUT2D eigenvalue weighted by Crippen LogP contribution is -2.44. The Hall–Kier alpha value is -1.78. The maximum atomic E-state index is 13.1. The van der Waals surface area contributed by atoms with Gasteiger partial charge in [0.2, 0.25) is 11.8 Å². The summed E-state index contributed by atoms with van der Waals surface area (Å²) in [6.07, 6.45) is 15.4. The van der Waals surface area contributed by atoms with Crippen LogP contribution in [0.2, 0.25) is 0 Å². The molecule has 2 aliphatic carbocycles. The fraction of sp³-hybridized carbons (Fsp3) is 0.750. The molecule has 0 aromatic carbocycles. The van der Waals surface area contributed by atoms with Crippen LogP contribution in [0, 0.1) is 0 Å². The smallest absolute Gasteiger partial charge is 0.242 e. The van der Waals surface area contributed by atoms with Crippen LogP contribution in [0.4, 0.5) is 0 Å². The van der Waals surface area contributed by atoms with Crippen molar-refractivity contribution in [3.05, 3.63) is 24.0 Å². The number of carbonyl (C=O) groups excluding carboxylic acids is 2. The van der Waals surface area contributed by atoms with Gasteiger partial charge in [0.25, 0.3) is 0 Å². The maximum absolute atomic E-state index is 13.1. The van der Waals surface area contributed by atoms with Crippen molar-refractivity contribution < 1.29 is 9.59 Å². The third-order valence-electron chi connectivity index (χ3n) is 6.30. The van der Waals surface area contributed by atoms with Gasteiger partial charge in [0, 0.05) is 37.4 Å². The minimum absolute atomic E-state index is 0.119. The summed E-state index contributed by atoms with van der Waals surface area (Å²) in [7, 11) is 2.02. The van der Waals surface area contributed by atoms with Gasteiger partial charge in [0.15, 0.2) is 0 Å². The molecular formula is C24H39N3O2. The topological polar surface area (TPSA) is 45.6 Å². The first-order valence-electron chi connectivity index (χ1n) is 11.8. The summed E-state index contributed by atoms with van der Waals surface area (Å²) in [5.41, 5.74) is 1.15. The van der Waals surface area contributed by atoms with Crippen molar-refractivity contribution in [3.63, 3.8) is 0 Å². The lowest BCUT2D eigenvalue weighted by Gasteiger charge is -2.28. The molecule has 5 heteroatoms. The fourth-order valence-electron chi connectivity index (χ4n) is 4.06. The van der Waals surface area contributed by atoms with Crippen molar-refractivity contribution in [2.45, 2.75) is 103 Å². The average molecular weight is 402 g/mol. The Kier molecular flexibility index (Phi) is 8.19. The monoisotopic (exact) mass is 401 g/mol. The Labute approximate surface area is 176 Å². The van der Waals surface area contributed by atoms with E-state index in [-0.39, 0.29) is 18.4 Å². The summed E-state index contributed by atoms with van der Waals surface area (Å²) in [5, 5.41) is 0. The number of aryl methyl sites for hydroxylation is 1. The second kappa shape index (κ2) is 10.8. The van der Waals surface area contributed by atoms with Gasteiger partial charge in [-0.15, -0.1) is 0 Å². The highest BCUT2D eigenvalue weighted by Crippen LogP contribution is 2.31. The van der Waals surface area contributed by atoms with E-state index in [1.165, 1.54) is 32.1 Å². The van der Waals surface area contributed by atoms with E-state index in [0.717, 1.165) is 44.2 Å². The molecule has 5 nitrogen and oxygen atoms in total. The van der Waals surface area contributed by atoms with E-state index in [1.807, 2.05) is 29.1 Å². The fourth-order valence-corrected chi connectivity index (χ4v) is 4.06. The SMILES string of the molecule is CCCCCCCCCC(=O)N(CC(=O)N(Cc1cccn1C)C1CC1)C1CC1. The number of hydrogen-bond acceptors (Lipinski definition) is 2. The number of rotatable bonds is 14. The third-order valence-corrected chi connectivity index (χ3v) is 6.30. The number of aromatic nitrogens is 1. The Bertz CT molecular complexity index is 661. The predicted molar refractivity (Wildman–Crippen MR) is 116 cm³/mol. The Morgan fingerprint density at radius 1 is 0.931 bits per heavy atom. The molecule has 0 radical (unpaired) electrons. The van der Waals surface area contributed by atoms with Crippen LogP contribution < -0.4 is 0 Å². The summed E-state index contributed by atoms with van der Waals surface area (Å²) in [6, 6.07) is 4.75. The minimum Gasteiger partial charge on any atom is -0.353 e. The molecule has 162 valence electrons. The highest BCUT2D eigenvalue weighted by Gasteiger charge is 2.38. The van der Waals surface area contributed by atoms with Gasteiger partial charge in [-0.05, 0) is 44.2 Å². The van der Waals surface area contributed by atoms with Crippen molar-refractivity contribution in [2.75, 3.05) is 6.54 Å². The van der Waals surface area contributed by atoms with Crippen LogP contribution in [0.3, 0.4) is 0 Å². The van der Waals surface area contributed by atoms with Crippen molar-refractivity contribution in [1.29, 1.82) is 0 Å². The average Bonchev–Trinajstić information content (AvgIpc) is 3.62. The molecule has 0 saturated heterocycles. The predicted octanol–water partition coefficient (Wildman–Crippen LogP) is 4.65. The first kappa shape index (κ1) is 21.9. The molecule has 0 aliphatic heterocycles. The van der Waals surface area contributed by atoms with E-state index in [2.05, 4.69) is 17.6 Å². The van der Waals surface area contributed by atoms with Gasteiger partial charge >= 0.3 is 0 Å². The molecule has 3 rings (SSSR count). The van der Waals surface area contributed by atoms with Crippen molar-refractivity contribution in [3.8, 4) is 0 Å². The summed E-state index contributed by atoms with van der Waals surface area (Å²) in [4.78, 5) is 29.8. The normalized spacial score (nSPS) is 16.1. The van der Waals surface area contributed by atoms with Crippen LogP contribution in [0.1, 0.15) is 89.7 Å². The van der Waals surface area contributed by atoms with Crippen molar-refractivity contribution >= 4 is 11.8 Å². The molecule has 1 heterocycles. The number of hydrogen-bond donors (Lipinski definition) is 0. The third kappa shape index (κ3) is 6.90. The van der Waals surface area contributed by atoms with E-state index in [0.29, 0.717) is 25.0 Å². The van der Waals surface area contributed by atoms with Crippen LogP contribution in [-0.4, -0.2) is 44.8 Å². The van der Waals surface area contributed by atoms with Gasteiger partial charge in [-0.3, -0.25) is 9.59 Å². The minimum atomic E-state index is 0.119. The first-order chi connectivity index (χ1) is 14.1. The van der Waals surface area contributed by atoms with Crippen LogP contribution >= 0.6 is 0 Å². The molecule has 2 amide bonds. The summed E-state index contributed by atoms with van der Waals surface area (Å²) in [5.74, 6) is 0.303. The van der Waals surface area contributed by atoms with Gasteiger partial charge in [-0.2, -0.15) is 0 Å². The lowest BCUT2D eigenvalue weighted by atomic mass is 10.1. The number of nitrogens with zero attached hydrogens (tertiary/aromatic N) is 3. The quantitative estimate of drug-likeness (QED) is 0.426. The zero-order valence-electron chi connectivity index (χ0n) is 18.4. The molecule has 1 aromatic rings. The molecule has 2 saturated carbocycles. The Morgan fingerprint density at radius 3 is 2.14 bits per heavy atom. The van der Waals surface area contributed by atoms with Crippen LogP contribution in [0.15, 0.2) is 18.3 Å². The van der Waals surface area contributed by atoms with E-state index in [9.17, 15) is 9.59 Å². The molecule has 2 aliphatic rings. The highest BCUT2D eigenvalue weighted by molar-refractivity contribution is 5.85.